The van der Waals surface area contributed by atoms with Crippen molar-refractivity contribution in [1.82, 2.24) is 0 Å². The van der Waals surface area contributed by atoms with Gasteiger partial charge in [0.2, 0.25) is 0 Å². The zero-order valence-corrected chi connectivity index (χ0v) is 33.4. The van der Waals surface area contributed by atoms with Crippen molar-refractivity contribution in [3.8, 4) is 0 Å². The molecule has 0 radical (unpaired) electrons. The summed E-state index contributed by atoms with van der Waals surface area (Å²) in [6, 6.07) is 0. The Kier molecular flexibility index (Phi) is 25.6. The number of rotatable bonds is 10. The van der Waals surface area contributed by atoms with Gasteiger partial charge >= 0.3 is 139 Å². The average Bonchev–Trinajstić information content (AvgIpc) is 2.62. The van der Waals surface area contributed by atoms with Gasteiger partial charge in [-0.3, -0.25) is 0 Å². The molecule has 0 amide bonds. The Labute approximate surface area is 265 Å². The first-order valence-corrected chi connectivity index (χ1v) is 19.6. The van der Waals surface area contributed by atoms with Crippen molar-refractivity contribution in [3.63, 3.8) is 0 Å². The second kappa shape index (κ2) is 22.1. The molecule has 0 N–H and O–H groups in total. The van der Waals surface area contributed by atoms with Crippen LogP contribution in [0.15, 0.2) is 0 Å². The van der Waals surface area contributed by atoms with Gasteiger partial charge in [0.15, 0.2) is 0 Å². The van der Waals surface area contributed by atoms with E-state index in [-0.39, 0.29) is 55.1 Å². The third kappa shape index (κ3) is 50.3. The van der Waals surface area contributed by atoms with Crippen LogP contribution in [-0.2, 0) is 19.2 Å². The summed E-state index contributed by atoms with van der Waals surface area (Å²) in [7, 11) is 0. The van der Waals surface area contributed by atoms with Crippen LogP contribution in [-0.4, -0.2) is 66.2 Å². The Balaban J connectivity index is -0.000000217. The maximum absolute atomic E-state index is 10.1. The van der Waals surface area contributed by atoms with Crippen LogP contribution < -0.4 is 20.4 Å². The summed E-state index contributed by atoms with van der Waals surface area (Å²) in [6.07, 6.45) is 1.15. The molecule has 0 fully saturated rings. The SMILES string of the molecule is CC(CCCC(=O)[O-])C(=O)[O-].CC(CCCC(=O)[O-])C(=O)[O-].C[C](C)(C)[Sn+2][C](C)(C)C.C[C](C)(C)[Sn+2][C](C)(C)C. The van der Waals surface area contributed by atoms with Crippen LogP contribution in [0.3, 0.4) is 0 Å². The van der Waals surface area contributed by atoms with Crippen molar-refractivity contribution < 1.29 is 39.6 Å². The molecule has 0 spiro atoms. The molecule has 0 aromatic carbocycles. The number of carboxylic acid groups (broad SMARTS) is 4. The number of aliphatic carboxylic acids is 4. The number of hydrogen-bond donors (Lipinski definition) is 0. The van der Waals surface area contributed by atoms with Crippen molar-refractivity contribution in [2.24, 2.45) is 11.8 Å². The van der Waals surface area contributed by atoms with Gasteiger partial charge in [0.05, 0.1) is 0 Å². The van der Waals surface area contributed by atoms with E-state index in [1.165, 1.54) is 13.8 Å². The molecule has 0 saturated carbocycles. The van der Waals surface area contributed by atoms with E-state index in [1.807, 2.05) is 0 Å². The van der Waals surface area contributed by atoms with E-state index in [0.29, 0.717) is 39.4 Å². The quantitative estimate of drug-likeness (QED) is 0.306. The van der Waals surface area contributed by atoms with Gasteiger partial charge in [-0.25, -0.2) is 0 Å². The van der Waals surface area contributed by atoms with Crippen LogP contribution in [0.5, 0.6) is 0 Å². The topological polar surface area (TPSA) is 161 Å². The Morgan fingerprint density at radius 2 is 0.700 bits per heavy atom. The predicted octanol–water partition coefficient (Wildman–Crippen LogP) is 2.84. The van der Waals surface area contributed by atoms with Gasteiger partial charge < -0.3 is 39.6 Å². The third-order valence-electron chi connectivity index (χ3n) is 4.34. The number of carbonyl (C=O) groups excluding carboxylic acids is 4. The zero-order valence-electron chi connectivity index (χ0n) is 27.7. The molecule has 40 heavy (non-hydrogen) atoms. The molecule has 0 aliphatic rings. The van der Waals surface area contributed by atoms with Crippen molar-refractivity contribution in [2.75, 3.05) is 0 Å². The predicted molar refractivity (Wildman–Crippen MR) is 156 cm³/mol. The zero-order chi connectivity index (χ0) is 33.1. The molecule has 10 heteroatoms. The van der Waals surface area contributed by atoms with E-state index >= 15 is 0 Å². The van der Waals surface area contributed by atoms with Crippen LogP contribution in [0.25, 0.3) is 0 Å². The van der Waals surface area contributed by atoms with Crippen molar-refractivity contribution >= 4 is 66.2 Å². The van der Waals surface area contributed by atoms with Gasteiger partial charge in [-0.05, 0) is 50.4 Å². The first-order chi connectivity index (χ1) is 17.5. The Morgan fingerprint density at radius 1 is 0.500 bits per heavy atom. The first kappa shape index (κ1) is 46.4. The molecule has 0 rings (SSSR count). The van der Waals surface area contributed by atoms with Gasteiger partial charge in [-0.1, -0.05) is 13.8 Å². The van der Waals surface area contributed by atoms with Crippen LogP contribution in [0, 0.1) is 11.8 Å². The van der Waals surface area contributed by atoms with E-state index in [4.69, 9.17) is 0 Å². The van der Waals surface area contributed by atoms with Crippen molar-refractivity contribution in [3.05, 3.63) is 0 Å². The summed E-state index contributed by atoms with van der Waals surface area (Å²) in [5.41, 5.74) is 0. The Morgan fingerprint density at radius 3 is 0.800 bits per heavy atom. The number of hydrogen-bond acceptors (Lipinski definition) is 8. The van der Waals surface area contributed by atoms with E-state index in [9.17, 15) is 39.6 Å². The van der Waals surface area contributed by atoms with E-state index < -0.39 is 35.7 Å². The maximum atomic E-state index is 10.1. The minimum absolute atomic E-state index is 0.0857. The molecule has 2 atom stereocenters. The van der Waals surface area contributed by atoms with Crippen molar-refractivity contribution in [1.29, 1.82) is 0 Å². The van der Waals surface area contributed by atoms with E-state index in [2.05, 4.69) is 83.1 Å². The van der Waals surface area contributed by atoms with Crippen LogP contribution >= 0.6 is 0 Å². The van der Waals surface area contributed by atoms with Crippen LogP contribution in [0.4, 0.5) is 0 Å². The van der Waals surface area contributed by atoms with E-state index in [1.54, 1.807) is 0 Å². The normalized spacial score (nSPS) is 12.8. The van der Waals surface area contributed by atoms with Gasteiger partial charge in [0, 0.05) is 23.9 Å². The molecule has 0 bridgehead atoms. The van der Waals surface area contributed by atoms with Gasteiger partial charge in [0.1, 0.15) is 0 Å². The van der Waals surface area contributed by atoms with Crippen LogP contribution in [0.1, 0.15) is 135 Å². The van der Waals surface area contributed by atoms with Gasteiger partial charge in [-0.2, -0.15) is 0 Å². The molecule has 0 aliphatic heterocycles. The third-order valence-corrected chi connectivity index (χ3v) is 12.9. The van der Waals surface area contributed by atoms with E-state index in [0.717, 1.165) is 0 Å². The number of carboxylic acids is 4. The molecule has 0 aromatic heterocycles. The van der Waals surface area contributed by atoms with Crippen molar-refractivity contribution in [2.45, 2.75) is 149 Å². The summed E-state index contributed by atoms with van der Waals surface area (Å²) < 4.78 is 2.62. The summed E-state index contributed by atoms with van der Waals surface area (Å²) in [6.45, 7) is 31.4. The van der Waals surface area contributed by atoms with Gasteiger partial charge in [-0.15, -0.1) is 0 Å². The Hall–Kier alpha value is -0.523. The average molecular weight is 782 g/mol. The fourth-order valence-electron chi connectivity index (χ4n) is 3.59. The fraction of sp³-hybridized carbons (Fsp3) is 0.867. The fourth-order valence-corrected chi connectivity index (χ4v) is 16.4. The summed E-state index contributed by atoms with van der Waals surface area (Å²) in [5.74, 6) is -5.71. The monoisotopic (exact) mass is 784 g/mol. The minimum atomic E-state index is -1.14. The number of carbonyl (C=O) groups is 4. The van der Waals surface area contributed by atoms with Gasteiger partial charge in [0.25, 0.3) is 0 Å². The molecular weight excluding hydrogens is 726 g/mol. The molecule has 232 valence electrons. The summed E-state index contributed by atoms with van der Waals surface area (Å²) in [5, 5.41) is 40.0. The second-order valence-electron chi connectivity index (χ2n) is 14.2. The summed E-state index contributed by atoms with van der Waals surface area (Å²) >= 11 is -0.363. The molecular formula is C30H56O8Sn2. The molecule has 0 heterocycles. The molecule has 0 aromatic rings. The molecule has 2 unspecified atom stereocenters. The second-order valence-corrected chi connectivity index (χ2v) is 32.8. The molecule has 8 nitrogen and oxygen atoms in total. The Bertz CT molecular complexity index is 638. The molecule has 0 saturated heterocycles. The van der Waals surface area contributed by atoms with Crippen LogP contribution in [0.2, 0.25) is 13.7 Å². The first-order valence-electron chi connectivity index (χ1n) is 13.9. The summed E-state index contributed by atoms with van der Waals surface area (Å²) in [4.78, 5) is 40.0. The standard InChI is InChI=1S/2C7H12O4.4C4H9.2Sn/c2*1-5(7(10)11)3-2-4-6(8)9;4*1-4(2)3;;/h2*5H,2-4H2,1H3,(H,8,9)(H,10,11);4*1-3H3;;/q;;;;;;2*+2/p-4. The molecule has 0 aliphatic carbocycles.